The molecule has 0 bridgehead atoms. The summed E-state index contributed by atoms with van der Waals surface area (Å²) < 4.78 is 35.1. The predicted molar refractivity (Wildman–Crippen MR) is 56.8 cm³/mol. The van der Waals surface area contributed by atoms with Gasteiger partial charge in [-0.2, -0.15) is 13.2 Å². The van der Waals surface area contributed by atoms with Crippen molar-refractivity contribution in [2.75, 3.05) is 0 Å². The summed E-state index contributed by atoms with van der Waals surface area (Å²) in [6.45, 7) is 0. The number of halogens is 4. The van der Waals surface area contributed by atoms with Gasteiger partial charge in [-0.25, -0.2) is 0 Å². The summed E-state index contributed by atoms with van der Waals surface area (Å²) in [6.07, 6.45) is -5.39. The first kappa shape index (κ1) is 12.5. The molecular formula is C12H6ClF3. The lowest BCUT2D eigenvalue weighted by atomic mass is 10.2. The third kappa shape index (κ3) is 5.34. The molecule has 0 spiro atoms. The fourth-order valence-corrected chi connectivity index (χ4v) is 0.951. The van der Waals surface area contributed by atoms with Crippen LogP contribution in [0.1, 0.15) is 12.0 Å². The molecule has 0 nitrogen and oxygen atoms in total. The molecule has 4 heteroatoms. The number of hydrogen-bond donors (Lipinski definition) is 0. The van der Waals surface area contributed by atoms with E-state index >= 15 is 0 Å². The Balaban J connectivity index is 2.59. The van der Waals surface area contributed by atoms with Crippen molar-refractivity contribution >= 4 is 11.6 Å². The summed E-state index contributed by atoms with van der Waals surface area (Å²) >= 11 is 5.64. The summed E-state index contributed by atoms with van der Waals surface area (Å²) in [5, 5.41) is 0.578. The van der Waals surface area contributed by atoms with E-state index in [4.69, 9.17) is 11.6 Å². The van der Waals surface area contributed by atoms with E-state index in [9.17, 15) is 13.2 Å². The zero-order chi connectivity index (χ0) is 12.0. The molecule has 16 heavy (non-hydrogen) atoms. The average Bonchev–Trinajstić information content (AvgIpc) is 2.19. The van der Waals surface area contributed by atoms with Crippen LogP contribution in [0.4, 0.5) is 13.2 Å². The average molecular weight is 243 g/mol. The van der Waals surface area contributed by atoms with Gasteiger partial charge >= 0.3 is 6.18 Å². The van der Waals surface area contributed by atoms with Crippen LogP contribution in [0, 0.1) is 23.7 Å². The molecule has 0 aliphatic heterocycles. The quantitative estimate of drug-likeness (QED) is 0.609. The van der Waals surface area contributed by atoms with Gasteiger partial charge in [0.1, 0.15) is 6.42 Å². The Morgan fingerprint density at radius 2 is 1.69 bits per heavy atom. The Morgan fingerprint density at radius 1 is 1.06 bits per heavy atom. The van der Waals surface area contributed by atoms with Crippen LogP contribution < -0.4 is 0 Å². The third-order valence-corrected chi connectivity index (χ3v) is 1.74. The van der Waals surface area contributed by atoms with Crippen LogP contribution in [-0.2, 0) is 0 Å². The van der Waals surface area contributed by atoms with Gasteiger partial charge in [0, 0.05) is 10.6 Å². The number of alkyl halides is 3. The van der Waals surface area contributed by atoms with Crippen LogP contribution >= 0.6 is 11.6 Å². The van der Waals surface area contributed by atoms with Gasteiger partial charge in [-0.3, -0.25) is 0 Å². The fourth-order valence-electron chi connectivity index (χ4n) is 0.825. The molecule has 0 aliphatic rings. The lowest BCUT2D eigenvalue weighted by Gasteiger charge is -1.96. The van der Waals surface area contributed by atoms with Gasteiger partial charge in [0.2, 0.25) is 0 Å². The van der Waals surface area contributed by atoms with Crippen molar-refractivity contribution in [3.63, 3.8) is 0 Å². The summed E-state index contributed by atoms with van der Waals surface area (Å²) in [4.78, 5) is 0. The highest BCUT2D eigenvalue weighted by Crippen LogP contribution is 2.17. The lowest BCUT2D eigenvalue weighted by Crippen LogP contribution is -2.04. The van der Waals surface area contributed by atoms with Gasteiger partial charge in [-0.1, -0.05) is 23.4 Å². The summed E-state index contributed by atoms with van der Waals surface area (Å²) in [5.74, 6) is 9.02. The first-order valence-corrected chi connectivity index (χ1v) is 4.66. The molecule has 0 saturated carbocycles. The molecule has 0 aromatic heterocycles. The minimum atomic E-state index is -4.26. The molecule has 0 saturated heterocycles. The van der Waals surface area contributed by atoms with Crippen molar-refractivity contribution in [1.82, 2.24) is 0 Å². The molecule has 0 heterocycles. The van der Waals surface area contributed by atoms with Gasteiger partial charge < -0.3 is 0 Å². The Morgan fingerprint density at radius 3 is 2.25 bits per heavy atom. The van der Waals surface area contributed by atoms with Crippen molar-refractivity contribution in [1.29, 1.82) is 0 Å². The lowest BCUT2D eigenvalue weighted by molar-refractivity contribution is -0.123. The summed E-state index contributed by atoms with van der Waals surface area (Å²) in [7, 11) is 0. The number of hydrogen-bond acceptors (Lipinski definition) is 0. The van der Waals surface area contributed by atoms with Crippen LogP contribution in [0.2, 0.25) is 5.02 Å². The second-order valence-electron chi connectivity index (χ2n) is 2.85. The Bertz CT molecular complexity index is 463. The monoisotopic (exact) mass is 242 g/mol. The minimum Gasteiger partial charge on any atom is -0.170 e. The van der Waals surface area contributed by atoms with Crippen molar-refractivity contribution in [2.24, 2.45) is 0 Å². The van der Waals surface area contributed by atoms with Crippen molar-refractivity contribution in [3.8, 4) is 23.7 Å². The second-order valence-corrected chi connectivity index (χ2v) is 3.29. The standard InChI is InChI=1S/C12H6ClF3/c13-11-7-5-10(6-8-11)4-2-1-3-9-12(14,15)16/h5-8H,9H2. The molecular weight excluding hydrogens is 237 g/mol. The molecule has 0 atom stereocenters. The first-order valence-electron chi connectivity index (χ1n) is 4.28. The smallest absolute Gasteiger partial charge is 0.170 e. The molecule has 0 unspecified atom stereocenters. The normalized spacial score (nSPS) is 9.75. The molecule has 0 radical (unpaired) electrons. The molecule has 82 valence electrons. The molecule has 1 aromatic rings. The van der Waals surface area contributed by atoms with Gasteiger partial charge in [0.05, 0.1) is 0 Å². The van der Waals surface area contributed by atoms with Crippen LogP contribution in [0.3, 0.4) is 0 Å². The predicted octanol–water partition coefficient (Wildman–Crippen LogP) is 3.65. The van der Waals surface area contributed by atoms with Crippen molar-refractivity contribution < 1.29 is 13.2 Å². The molecule has 0 amide bonds. The largest absolute Gasteiger partial charge is 0.399 e. The van der Waals surface area contributed by atoms with E-state index in [0.717, 1.165) is 0 Å². The molecule has 0 aliphatic carbocycles. The van der Waals surface area contributed by atoms with Crippen LogP contribution in [-0.4, -0.2) is 6.18 Å². The summed E-state index contributed by atoms with van der Waals surface area (Å²) in [6, 6.07) is 6.63. The Labute approximate surface area is 96.4 Å². The van der Waals surface area contributed by atoms with Crippen LogP contribution in [0.5, 0.6) is 0 Å². The first-order chi connectivity index (χ1) is 7.47. The van der Waals surface area contributed by atoms with Gasteiger partial charge in [0.25, 0.3) is 0 Å². The maximum Gasteiger partial charge on any atom is 0.399 e. The van der Waals surface area contributed by atoms with Gasteiger partial charge in [0.15, 0.2) is 0 Å². The van der Waals surface area contributed by atoms with E-state index in [-0.39, 0.29) is 0 Å². The van der Waals surface area contributed by atoms with E-state index < -0.39 is 12.6 Å². The van der Waals surface area contributed by atoms with E-state index in [1.54, 1.807) is 24.3 Å². The molecule has 0 fully saturated rings. The summed E-state index contributed by atoms with van der Waals surface area (Å²) in [5.41, 5.74) is 0.658. The Hall–Kier alpha value is -1.58. The molecule has 0 N–H and O–H groups in total. The minimum absolute atomic E-state index is 0.578. The van der Waals surface area contributed by atoms with Crippen LogP contribution in [0.15, 0.2) is 24.3 Å². The Kier molecular flexibility index (Phi) is 4.28. The van der Waals surface area contributed by atoms with E-state index in [0.29, 0.717) is 10.6 Å². The number of rotatable bonds is 0. The van der Waals surface area contributed by atoms with E-state index in [2.05, 4.69) is 17.8 Å². The highest BCUT2D eigenvalue weighted by molar-refractivity contribution is 6.30. The highest BCUT2D eigenvalue weighted by Gasteiger charge is 2.25. The maximum absolute atomic E-state index is 11.7. The topological polar surface area (TPSA) is 0 Å². The van der Waals surface area contributed by atoms with Gasteiger partial charge in [-0.05, 0) is 36.1 Å². The molecule has 1 aromatic carbocycles. The van der Waals surface area contributed by atoms with Crippen molar-refractivity contribution in [3.05, 3.63) is 34.9 Å². The highest BCUT2D eigenvalue weighted by atomic mass is 35.5. The zero-order valence-corrected chi connectivity index (χ0v) is 8.78. The molecule has 1 rings (SSSR count). The number of benzene rings is 1. The fraction of sp³-hybridized carbons (Fsp3) is 0.167. The van der Waals surface area contributed by atoms with Crippen molar-refractivity contribution in [2.45, 2.75) is 12.6 Å². The van der Waals surface area contributed by atoms with E-state index in [1.807, 2.05) is 5.92 Å². The second kappa shape index (κ2) is 5.49. The van der Waals surface area contributed by atoms with Gasteiger partial charge in [-0.15, -0.1) is 0 Å². The van der Waals surface area contributed by atoms with Crippen LogP contribution in [0.25, 0.3) is 0 Å². The SMILES string of the molecule is FC(F)(F)CC#CC#Cc1ccc(Cl)cc1. The zero-order valence-electron chi connectivity index (χ0n) is 8.03. The van der Waals surface area contributed by atoms with E-state index in [1.165, 1.54) is 0 Å². The maximum atomic E-state index is 11.7. The third-order valence-electron chi connectivity index (χ3n) is 1.49.